The first-order valence-corrected chi connectivity index (χ1v) is 12.1. The van der Waals surface area contributed by atoms with E-state index in [1.165, 1.54) is 0 Å². The van der Waals surface area contributed by atoms with Gasteiger partial charge in [0.1, 0.15) is 6.61 Å². The summed E-state index contributed by atoms with van der Waals surface area (Å²) < 4.78 is 11.1. The van der Waals surface area contributed by atoms with Crippen LogP contribution in [0.3, 0.4) is 0 Å². The predicted octanol–water partition coefficient (Wildman–Crippen LogP) is 3.55. The molecule has 0 saturated carbocycles. The van der Waals surface area contributed by atoms with E-state index in [1.54, 1.807) is 6.92 Å². The lowest BCUT2D eigenvalue weighted by Crippen LogP contribution is -2.54. The number of hydrogen-bond donors (Lipinski definition) is 3. The SMILES string of the molecule is CCCC(CNC(=O)C1(C)COCC1NC(=O)OCC1c2ccccc2-c2ccccc21)C(=O)O. The summed E-state index contributed by atoms with van der Waals surface area (Å²) in [4.78, 5) is 37.1. The maximum Gasteiger partial charge on any atom is 0.407 e. The third kappa shape index (κ3) is 5.03. The van der Waals surface area contributed by atoms with Crippen LogP contribution >= 0.6 is 0 Å². The van der Waals surface area contributed by atoms with Crippen molar-refractivity contribution in [2.24, 2.45) is 11.3 Å². The van der Waals surface area contributed by atoms with Gasteiger partial charge in [0.25, 0.3) is 0 Å². The number of carbonyl (C=O) groups is 3. The molecule has 1 fully saturated rings. The van der Waals surface area contributed by atoms with Gasteiger partial charge in [0.2, 0.25) is 5.91 Å². The first-order chi connectivity index (χ1) is 16.8. The van der Waals surface area contributed by atoms with E-state index in [1.807, 2.05) is 31.2 Å². The molecule has 2 aromatic carbocycles. The van der Waals surface area contributed by atoms with E-state index in [0.717, 1.165) is 22.3 Å². The van der Waals surface area contributed by atoms with E-state index < -0.39 is 29.4 Å². The Morgan fingerprint density at radius 2 is 1.74 bits per heavy atom. The summed E-state index contributed by atoms with van der Waals surface area (Å²) in [6.45, 7) is 4.12. The first-order valence-electron chi connectivity index (χ1n) is 12.1. The molecule has 3 unspecified atom stereocenters. The molecule has 8 nitrogen and oxygen atoms in total. The molecule has 2 aliphatic rings. The van der Waals surface area contributed by atoms with Gasteiger partial charge >= 0.3 is 12.1 Å². The Morgan fingerprint density at radius 1 is 1.11 bits per heavy atom. The lowest BCUT2D eigenvalue weighted by molar-refractivity contribution is -0.142. The number of amides is 2. The number of carbonyl (C=O) groups excluding carboxylic acids is 2. The monoisotopic (exact) mass is 480 g/mol. The van der Waals surface area contributed by atoms with Crippen LogP contribution in [0.5, 0.6) is 0 Å². The Balaban J connectivity index is 1.36. The number of rotatable bonds is 9. The summed E-state index contributed by atoms with van der Waals surface area (Å²) >= 11 is 0. The molecule has 1 heterocycles. The Morgan fingerprint density at radius 3 is 2.34 bits per heavy atom. The summed E-state index contributed by atoms with van der Waals surface area (Å²) in [5.74, 6) is -1.99. The largest absolute Gasteiger partial charge is 0.481 e. The van der Waals surface area contributed by atoms with Crippen LogP contribution in [0.1, 0.15) is 43.7 Å². The standard InChI is InChI=1S/C27H32N2O6/c1-3-8-17(24(30)31)13-28-25(32)27(2)16-34-15-23(27)29-26(33)35-14-22-20-11-6-4-9-18(20)19-10-5-7-12-21(19)22/h4-7,9-12,17,22-23H,3,8,13-16H2,1-2H3,(H,28,32)(H,29,33)(H,30,31). The molecule has 1 aliphatic carbocycles. The Labute approximate surface area is 205 Å². The highest BCUT2D eigenvalue weighted by molar-refractivity contribution is 5.85. The molecule has 1 aliphatic heterocycles. The van der Waals surface area contributed by atoms with Gasteiger partial charge in [-0.3, -0.25) is 9.59 Å². The van der Waals surface area contributed by atoms with E-state index >= 15 is 0 Å². The number of carboxylic acids is 1. The number of alkyl carbamates (subject to hydrolysis) is 1. The van der Waals surface area contributed by atoms with Gasteiger partial charge < -0.3 is 25.2 Å². The molecule has 186 valence electrons. The normalized spacial score (nSPS) is 21.6. The first kappa shape index (κ1) is 24.7. The highest BCUT2D eigenvalue weighted by Crippen LogP contribution is 2.44. The van der Waals surface area contributed by atoms with Gasteiger partial charge in [0.05, 0.1) is 30.6 Å². The maximum absolute atomic E-state index is 13.0. The molecule has 2 aromatic rings. The minimum Gasteiger partial charge on any atom is -0.481 e. The van der Waals surface area contributed by atoms with Gasteiger partial charge in [-0.05, 0) is 35.6 Å². The minimum atomic E-state index is -1.03. The smallest absolute Gasteiger partial charge is 0.407 e. The van der Waals surface area contributed by atoms with E-state index in [2.05, 4.69) is 34.9 Å². The fourth-order valence-electron chi connectivity index (χ4n) is 4.96. The van der Waals surface area contributed by atoms with Crippen LogP contribution in [0.25, 0.3) is 11.1 Å². The van der Waals surface area contributed by atoms with Gasteiger partial charge in [-0.15, -0.1) is 0 Å². The summed E-state index contributed by atoms with van der Waals surface area (Å²) in [5.41, 5.74) is 3.51. The predicted molar refractivity (Wildman–Crippen MR) is 130 cm³/mol. The number of ether oxygens (including phenoxy) is 2. The van der Waals surface area contributed by atoms with Gasteiger partial charge in [-0.25, -0.2) is 4.79 Å². The highest BCUT2D eigenvalue weighted by Gasteiger charge is 2.47. The highest BCUT2D eigenvalue weighted by atomic mass is 16.5. The molecule has 8 heteroatoms. The lowest BCUT2D eigenvalue weighted by atomic mass is 9.84. The van der Waals surface area contributed by atoms with Crippen LogP contribution in [0.2, 0.25) is 0 Å². The van der Waals surface area contributed by atoms with E-state index in [9.17, 15) is 19.5 Å². The second kappa shape index (κ2) is 10.5. The molecule has 0 radical (unpaired) electrons. The molecular weight excluding hydrogens is 448 g/mol. The average molecular weight is 481 g/mol. The Hall–Kier alpha value is -3.39. The van der Waals surface area contributed by atoms with Gasteiger partial charge in [0, 0.05) is 12.5 Å². The summed E-state index contributed by atoms with van der Waals surface area (Å²) in [6, 6.07) is 15.6. The second-order valence-electron chi connectivity index (χ2n) is 9.49. The zero-order valence-corrected chi connectivity index (χ0v) is 20.1. The van der Waals surface area contributed by atoms with Crippen molar-refractivity contribution in [2.45, 2.75) is 38.6 Å². The number of hydrogen-bond acceptors (Lipinski definition) is 5. The van der Waals surface area contributed by atoms with Gasteiger partial charge in [0.15, 0.2) is 0 Å². The van der Waals surface area contributed by atoms with Gasteiger partial charge in [-0.1, -0.05) is 61.9 Å². The second-order valence-corrected chi connectivity index (χ2v) is 9.49. The Kier molecular flexibility index (Phi) is 7.40. The van der Waals surface area contributed by atoms with Crippen molar-refractivity contribution in [3.8, 4) is 11.1 Å². The average Bonchev–Trinajstić information content (AvgIpc) is 3.38. The lowest BCUT2D eigenvalue weighted by Gasteiger charge is -2.29. The summed E-state index contributed by atoms with van der Waals surface area (Å²) in [7, 11) is 0. The van der Waals surface area contributed by atoms with Crippen molar-refractivity contribution in [1.82, 2.24) is 10.6 Å². The fourth-order valence-corrected chi connectivity index (χ4v) is 4.96. The summed E-state index contributed by atoms with van der Waals surface area (Å²) in [5, 5.41) is 14.9. The third-order valence-corrected chi connectivity index (χ3v) is 7.11. The number of nitrogens with one attached hydrogen (secondary N) is 2. The molecule has 0 spiro atoms. The van der Waals surface area contributed by atoms with Crippen molar-refractivity contribution >= 4 is 18.0 Å². The van der Waals surface area contributed by atoms with Crippen LogP contribution in [0.15, 0.2) is 48.5 Å². The van der Waals surface area contributed by atoms with E-state index in [4.69, 9.17) is 9.47 Å². The molecule has 4 rings (SSSR count). The van der Waals surface area contributed by atoms with Crippen LogP contribution in [0.4, 0.5) is 4.79 Å². The quantitative estimate of drug-likeness (QED) is 0.506. The summed E-state index contributed by atoms with van der Waals surface area (Å²) in [6.07, 6.45) is 0.569. The van der Waals surface area contributed by atoms with Crippen LogP contribution in [0, 0.1) is 11.3 Å². The Bertz CT molecular complexity index is 1060. The maximum atomic E-state index is 13.0. The molecule has 1 saturated heterocycles. The fraction of sp³-hybridized carbons (Fsp3) is 0.444. The van der Waals surface area contributed by atoms with Crippen molar-refractivity contribution in [3.05, 3.63) is 59.7 Å². The van der Waals surface area contributed by atoms with E-state index in [0.29, 0.717) is 12.8 Å². The van der Waals surface area contributed by atoms with E-state index in [-0.39, 0.29) is 38.2 Å². The van der Waals surface area contributed by atoms with Crippen molar-refractivity contribution in [1.29, 1.82) is 0 Å². The number of fused-ring (bicyclic) bond motifs is 3. The topological polar surface area (TPSA) is 114 Å². The van der Waals surface area contributed by atoms with Crippen LogP contribution < -0.4 is 10.6 Å². The molecule has 3 N–H and O–H groups in total. The molecule has 35 heavy (non-hydrogen) atoms. The third-order valence-electron chi connectivity index (χ3n) is 7.11. The molecular formula is C27H32N2O6. The van der Waals surface area contributed by atoms with Gasteiger partial charge in [-0.2, -0.15) is 0 Å². The van der Waals surface area contributed by atoms with Crippen LogP contribution in [-0.2, 0) is 19.1 Å². The molecule has 0 aromatic heterocycles. The number of benzene rings is 2. The minimum absolute atomic E-state index is 0.0370. The number of carboxylic acid groups (broad SMARTS) is 1. The van der Waals surface area contributed by atoms with Crippen molar-refractivity contribution < 1.29 is 29.0 Å². The zero-order chi connectivity index (χ0) is 25.0. The molecule has 0 bridgehead atoms. The number of aliphatic carboxylic acids is 1. The zero-order valence-electron chi connectivity index (χ0n) is 20.1. The van der Waals surface area contributed by atoms with Crippen LogP contribution in [-0.4, -0.2) is 55.5 Å². The molecule has 3 atom stereocenters. The van der Waals surface area contributed by atoms with Crippen molar-refractivity contribution in [2.75, 3.05) is 26.4 Å². The molecule has 2 amide bonds. The van der Waals surface area contributed by atoms with Crippen molar-refractivity contribution in [3.63, 3.8) is 0 Å².